The molecule has 25 heavy (non-hydrogen) atoms. The average molecular weight is 371 g/mol. The van der Waals surface area contributed by atoms with E-state index in [1.54, 1.807) is 19.1 Å². The van der Waals surface area contributed by atoms with Gasteiger partial charge >= 0.3 is 6.18 Å². The zero-order chi connectivity index (χ0) is 18.0. The maximum Gasteiger partial charge on any atom is 0.435 e. The Labute approximate surface area is 146 Å². The summed E-state index contributed by atoms with van der Waals surface area (Å²) in [7, 11) is 0. The van der Waals surface area contributed by atoms with E-state index in [1.165, 1.54) is 4.68 Å². The number of aromatic nitrogens is 4. The van der Waals surface area contributed by atoms with Crippen molar-refractivity contribution in [2.45, 2.75) is 32.5 Å². The van der Waals surface area contributed by atoms with Crippen molar-refractivity contribution in [1.82, 2.24) is 20.0 Å². The Bertz CT molecular complexity index is 855. The molecule has 2 heterocycles. The lowest BCUT2D eigenvalue weighted by Crippen LogP contribution is -2.09. The molecule has 0 radical (unpaired) electrons. The summed E-state index contributed by atoms with van der Waals surface area (Å²) in [5, 5.41) is 12.1. The largest absolute Gasteiger partial charge is 0.435 e. The first-order valence-electron chi connectivity index (χ1n) is 7.48. The van der Waals surface area contributed by atoms with Gasteiger partial charge in [0.1, 0.15) is 0 Å². The van der Waals surface area contributed by atoms with E-state index in [4.69, 9.17) is 16.0 Å². The second-order valence-electron chi connectivity index (χ2n) is 5.53. The summed E-state index contributed by atoms with van der Waals surface area (Å²) in [5.41, 5.74) is 0.490. The highest BCUT2D eigenvalue weighted by Gasteiger charge is 2.34. The first-order valence-corrected chi connectivity index (χ1v) is 7.86. The molecule has 2 aromatic heterocycles. The van der Waals surface area contributed by atoms with Crippen LogP contribution in [0, 0.1) is 6.92 Å². The summed E-state index contributed by atoms with van der Waals surface area (Å²) in [4.78, 5) is 0. The van der Waals surface area contributed by atoms with Crippen LogP contribution in [0.5, 0.6) is 0 Å². The Hall–Kier alpha value is -2.35. The van der Waals surface area contributed by atoms with Gasteiger partial charge < -0.3 is 4.42 Å². The number of rotatable bonds is 5. The molecule has 3 rings (SSSR count). The van der Waals surface area contributed by atoms with Gasteiger partial charge in [0.25, 0.3) is 0 Å². The number of benzene rings is 1. The summed E-state index contributed by atoms with van der Waals surface area (Å²) < 4.78 is 44.8. The van der Waals surface area contributed by atoms with E-state index in [0.717, 1.165) is 11.6 Å². The van der Waals surface area contributed by atoms with Crippen LogP contribution < -0.4 is 0 Å². The van der Waals surface area contributed by atoms with E-state index >= 15 is 0 Å². The zero-order valence-electron chi connectivity index (χ0n) is 13.2. The Morgan fingerprint density at radius 2 is 1.80 bits per heavy atom. The first-order chi connectivity index (χ1) is 11.8. The van der Waals surface area contributed by atoms with Gasteiger partial charge in [0.05, 0.1) is 6.42 Å². The van der Waals surface area contributed by atoms with E-state index in [-0.39, 0.29) is 6.54 Å². The van der Waals surface area contributed by atoms with Crippen LogP contribution in [-0.2, 0) is 25.6 Å². The maximum atomic E-state index is 12.7. The number of alkyl halides is 3. The minimum Gasteiger partial charge on any atom is -0.425 e. The monoisotopic (exact) mass is 370 g/mol. The maximum absolute atomic E-state index is 12.7. The highest BCUT2D eigenvalue weighted by Crippen LogP contribution is 2.28. The molecule has 0 bridgehead atoms. The van der Waals surface area contributed by atoms with Crippen LogP contribution in [-0.4, -0.2) is 20.0 Å². The molecular weight excluding hydrogens is 357 g/mol. The summed E-state index contributed by atoms with van der Waals surface area (Å²) >= 11 is 5.83. The third-order valence-corrected chi connectivity index (χ3v) is 3.84. The molecule has 0 N–H and O–H groups in total. The SMILES string of the molecule is Cc1cc(C(F)(F)F)nn1CCc1nnc(Cc2ccc(Cl)cc2)o1. The van der Waals surface area contributed by atoms with Gasteiger partial charge in [-0.2, -0.15) is 18.3 Å². The van der Waals surface area contributed by atoms with Gasteiger partial charge in [-0.15, -0.1) is 10.2 Å². The van der Waals surface area contributed by atoms with Crippen molar-refractivity contribution in [1.29, 1.82) is 0 Å². The Balaban J connectivity index is 1.62. The Kier molecular flexibility index (Phi) is 4.80. The normalized spacial score (nSPS) is 11.9. The number of aryl methyl sites for hydroxylation is 3. The molecule has 0 fully saturated rings. The minimum absolute atomic E-state index is 0.227. The molecule has 0 atom stereocenters. The molecule has 3 aromatic rings. The fourth-order valence-corrected chi connectivity index (χ4v) is 2.44. The van der Waals surface area contributed by atoms with Gasteiger partial charge in [0.15, 0.2) is 5.69 Å². The first kappa shape index (κ1) is 17.5. The van der Waals surface area contributed by atoms with Crippen LogP contribution in [0.15, 0.2) is 34.7 Å². The molecule has 0 unspecified atom stereocenters. The highest BCUT2D eigenvalue weighted by atomic mass is 35.5. The Morgan fingerprint density at radius 3 is 2.44 bits per heavy atom. The molecule has 132 valence electrons. The molecule has 0 amide bonds. The van der Waals surface area contributed by atoms with E-state index in [2.05, 4.69) is 15.3 Å². The zero-order valence-corrected chi connectivity index (χ0v) is 14.0. The van der Waals surface area contributed by atoms with E-state index in [0.29, 0.717) is 35.3 Å². The molecule has 0 saturated heterocycles. The van der Waals surface area contributed by atoms with Gasteiger partial charge in [-0.25, -0.2) is 0 Å². The van der Waals surface area contributed by atoms with Gasteiger partial charge in [0, 0.05) is 23.7 Å². The molecule has 0 saturated carbocycles. The van der Waals surface area contributed by atoms with E-state index in [9.17, 15) is 13.2 Å². The second-order valence-corrected chi connectivity index (χ2v) is 5.97. The Morgan fingerprint density at radius 1 is 1.12 bits per heavy atom. The quantitative estimate of drug-likeness (QED) is 0.679. The average Bonchev–Trinajstić information content (AvgIpc) is 3.14. The van der Waals surface area contributed by atoms with Crippen molar-refractivity contribution in [2.24, 2.45) is 0 Å². The van der Waals surface area contributed by atoms with Gasteiger partial charge in [-0.3, -0.25) is 4.68 Å². The topological polar surface area (TPSA) is 56.7 Å². The summed E-state index contributed by atoms with van der Waals surface area (Å²) in [6.45, 7) is 1.80. The van der Waals surface area contributed by atoms with Crippen molar-refractivity contribution < 1.29 is 17.6 Å². The fourth-order valence-electron chi connectivity index (χ4n) is 2.31. The van der Waals surface area contributed by atoms with Crippen LogP contribution in [0.4, 0.5) is 13.2 Å². The van der Waals surface area contributed by atoms with Crippen molar-refractivity contribution in [2.75, 3.05) is 0 Å². The predicted octanol–water partition coefficient (Wildman–Crippen LogP) is 4.08. The smallest absolute Gasteiger partial charge is 0.425 e. The lowest BCUT2D eigenvalue weighted by molar-refractivity contribution is -0.141. The van der Waals surface area contributed by atoms with Gasteiger partial charge in [0.2, 0.25) is 11.8 Å². The number of hydrogen-bond acceptors (Lipinski definition) is 4. The number of halogens is 4. The van der Waals surface area contributed by atoms with Gasteiger partial charge in [-0.1, -0.05) is 23.7 Å². The summed E-state index contributed by atoms with van der Waals surface area (Å²) in [5.74, 6) is 0.790. The van der Waals surface area contributed by atoms with Crippen LogP contribution >= 0.6 is 11.6 Å². The highest BCUT2D eigenvalue weighted by molar-refractivity contribution is 6.30. The van der Waals surface area contributed by atoms with Crippen molar-refractivity contribution in [3.63, 3.8) is 0 Å². The molecular formula is C16H14ClF3N4O. The minimum atomic E-state index is -4.45. The lowest BCUT2D eigenvalue weighted by atomic mass is 10.1. The van der Waals surface area contributed by atoms with Crippen LogP contribution in [0.3, 0.4) is 0 Å². The van der Waals surface area contributed by atoms with Crippen LogP contribution in [0.2, 0.25) is 5.02 Å². The molecule has 9 heteroatoms. The van der Waals surface area contributed by atoms with Crippen LogP contribution in [0.25, 0.3) is 0 Å². The molecule has 0 aliphatic heterocycles. The number of nitrogens with zero attached hydrogens (tertiary/aromatic N) is 4. The molecule has 0 spiro atoms. The molecule has 5 nitrogen and oxygen atoms in total. The third-order valence-electron chi connectivity index (χ3n) is 3.59. The number of hydrogen-bond donors (Lipinski definition) is 0. The van der Waals surface area contributed by atoms with E-state index in [1.807, 2.05) is 12.1 Å². The van der Waals surface area contributed by atoms with Crippen LogP contribution in [0.1, 0.15) is 28.7 Å². The fraction of sp³-hybridized carbons (Fsp3) is 0.312. The molecule has 0 aliphatic carbocycles. The van der Waals surface area contributed by atoms with Crippen molar-refractivity contribution in [3.05, 3.63) is 64.1 Å². The third kappa shape index (κ3) is 4.39. The molecule has 1 aromatic carbocycles. The van der Waals surface area contributed by atoms with Crippen molar-refractivity contribution in [3.8, 4) is 0 Å². The van der Waals surface area contributed by atoms with Gasteiger partial charge in [-0.05, 0) is 30.7 Å². The molecule has 0 aliphatic rings. The van der Waals surface area contributed by atoms with Crippen molar-refractivity contribution >= 4 is 11.6 Å². The predicted molar refractivity (Wildman–Crippen MR) is 84.2 cm³/mol. The standard InChI is InChI=1S/C16H14ClF3N4O/c1-10-8-13(16(18,19)20)23-24(10)7-6-14-21-22-15(25-14)9-11-2-4-12(17)5-3-11/h2-5,8H,6-7,9H2,1H3. The summed E-state index contributed by atoms with van der Waals surface area (Å²) in [6, 6.07) is 8.27. The summed E-state index contributed by atoms with van der Waals surface area (Å²) in [6.07, 6.45) is -3.69. The lowest BCUT2D eigenvalue weighted by Gasteiger charge is -2.02. The van der Waals surface area contributed by atoms with E-state index < -0.39 is 11.9 Å². The second kappa shape index (κ2) is 6.87.